The third-order valence-corrected chi connectivity index (χ3v) is 13.4. The molecule has 15 nitrogen and oxygen atoms in total. The lowest BCUT2D eigenvalue weighted by atomic mass is 10.1. The van der Waals surface area contributed by atoms with Gasteiger partial charge in [-0.2, -0.15) is 0 Å². The Morgan fingerprint density at radius 2 is 1.31 bits per heavy atom. The minimum atomic E-state index is -1.06. The number of aromatic nitrogens is 8. The highest BCUT2D eigenvalue weighted by Gasteiger charge is 2.23. The number of fused-ring (bicyclic) bond motifs is 2. The largest absolute Gasteiger partial charge is 0.464 e. The number of nitrogens with two attached hydrogens (primary N) is 2. The highest BCUT2D eigenvalue weighted by Crippen LogP contribution is 2.41. The lowest BCUT2D eigenvalue weighted by Gasteiger charge is -2.30. The third kappa shape index (κ3) is 8.63. The van der Waals surface area contributed by atoms with Crippen molar-refractivity contribution in [3.05, 3.63) is 152 Å². The number of carbonyl (C=O) groups is 1. The summed E-state index contributed by atoms with van der Waals surface area (Å²) in [5.41, 5.74) is 20.6. The van der Waals surface area contributed by atoms with Gasteiger partial charge in [-0.25, -0.2) is 44.0 Å². The zero-order chi connectivity index (χ0) is 46.0. The van der Waals surface area contributed by atoms with Crippen LogP contribution in [0.3, 0.4) is 0 Å². The minimum absolute atomic E-state index is 0.279. The minimum Gasteiger partial charge on any atom is -0.464 e. The van der Waals surface area contributed by atoms with Crippen molar-refractivity contribution in [2.75, 3.05) is 47.6 Å². The van der Waals surface area contributed by atoms with Crippen LogP contribution in [0, 0.1) is 5.82 Å². The quantitative estimate of drug-likeness (QED) is 0.124. The average Bonchev–Trinajstić information content (AvgIpc) is 4.16. The maximum atomic E-state index is 13.7. The number of hydrogen-bond acceptors (Lipinski definition) is 13. The molecule has 0 atom stereocenters. The molecule has 11 rings (SSSR count). The fourth-order valence-corrected chi connectivity index (χ4v) is 10.3. The average molecular weight is 929 g/mol. The van der Waals surface area contributed by atoms with Crippen LogP contribution in [0.5, 0.6) is 0 Å². The van der Waals surface area contributed by atoms with E-state index in [0.717, 1.165) is 90.4 Å². The van der Waals surface area contributed by atoms with E-state index in [-0.39, 0.29) is 5.82 Å². The molecule has 0 spiro atoms. The molecule has 1 amide bonds. The number of aryl methyl sites for hydroxylation is 1. The molecule has 67 heavy (non-hydrogen) atoms. The fraction of sp³-hybridized carbons (Fsp3) is 0.122. The van der Waals surface area contributed by atoms with Gasteiger partial charge in [0.15, 0.2) is 0 Å². The molecule has 18 heteroatoms. The van der Waals surface area contributed by atoms with Gasteiger partial charge in [-0.3, -0.25) is 0 Å². The number of hydrogen-bond donors (Lipinski definition) is 3. The standard InChI is InChI=1S/C26H23FN6OS.C23H18N6O2S/c27-19-7-5-17(6-8-19)23-24(22-13-20-25(28)29-15-30-26(20)35-22)33(16-31-23)14-18-3-1-2-4-21(18)32-9-11-34-12-10-32;1-28-13-27-19(20(28)18-11-17-21(24)25-12-26-22(17)32-18)14-6-5-9-16(10-14)29(23(30)31)15-7-3-2-4-8-15/h1-8,13,15-16H,9-12,14H2,(H2,28,29,30);2-13H,1H3,(H,30,31)(H2,24,25,26). The maximum absolute atomic E-state index is 13.7. The molecule has 0 unspecified atom stereocenters. The summed E-state index contributed by atoms with van der Waals surface area (Å²) >= 11 is 3.05. The van der Waals surface area contributed by atoms with Crippen LogP contribution in [0.2, 0.25) is 0 Å². The molecule has 6 aromatic heterocycles. The molecule has 334 valence electrons. The molecule has 0 bridgehead atoms. The van der Waals surface area contributed by atoms with Crippen molar-refractivity contribution in [2.24, 2.45) is 7.05 Å². The van der Waals surface area contributed by atoms with E-state index in [9.17, 15) is 14.3 Å². The Balaban J connectivity index is 0.000000157. The molecule has 1 aliphatic heterocycles. The fourth-order valence-electron chi connectivity index (χ4n) is 8.17. The molecular weight excluding hydrogens is 888 g/mol. The predicted octanol–water partition coefficient (Wildman–Crippen LogP) is 9.99. The molecular formula is C49H41FN12O3S2. The van der Waals surface area contributed by atoms with Crippen LogP contribution in [0.15, 0.2) is 141 Å². The van der Waals surface area contributed by atoms with Gasteiger partial charge in [-0.15, -0.1) is 22.7 Å². The molecule has 1 aliphatic rings. The third-order valence-electron chi connectivity index (χ3n) is 11.3. The predicted molar refractivity (Wildman–Crippen MR) is 263 cm³/mol. The smallest absolute Gasteiger partial charge is 0.416 e. The number of para-hydroxylation sites is 2. The highest BCUT2D eigenvalue weighted by atomic mass is 32.1. The van der Waals surface area contributed by atoms with Crippen molar-refractivity contribution >= 4 is 77.9 Å². The number of carboxylic acid groups (broad SMARTS) is 1. The van der Waals surface area contributed by atoms with Gasteiger partial charge in [0.05, 0.1) is 87.1 Å². The Morgan fingerprint density at radius 3 is 1.99 bits per heavy atom. The van der Waals surface area contributed by atoms with E-state index in [1.54, 1.807) is 48.0 Å². The Morgan fingerprint density at radius 1 is 0.701 bits per heavy atom. The first-order chi connectivity index (χ1) is 32.7. The molecule has 0 radical (unpaired) electrons. The topological polar surface area (TPSA) is 192 Å². The molecule has 10 aromatic rings. The second-order valence-electron chi connectivity index (χ2n) is 15.5. The Labute approximate surface area is 391 Å². The zero-order valence-electron chi connectivity index (χ0n) is 35.9. The van der Waals surface area contributed by atoms with Crippen molar-refractivity contribution < 1.29 is 19.0 Å². The number of nitrogens with zero attached hydrogens (tertiary/aromatic N) is 10. The number of anilines is 5. The molecule has 4 aromatic carbocycles. The second-order valence-corrected chi connectivity index (χ2v) is 17.6. The number of benzene rings is 4. The Kier molecular flexibility index (Phi) is 11.8. The monoisotopic (exact) mass is 928 g/mol. The maximum Gasteiger partial charge on any atom is 0.416 e. The van der Waals surface area contributed by atoms with Crippen LogP contribution < -0.4 is 21.3 Å². The zero-order valence-corrected chi connectivity index (χ0v) is 37.5. The van der Waals surface area contributed by atoms with E-state index in [4.69, 9.17) is 21.2 Å². The lowest BCUT2D eigenvalue weighted by Crippen LogP contribution is -2.36. The summed E-state index contributed by atoms with van der Waals surface area (Å²) < 4.78 is 23.3. The summed E-state index contributed by atoms with van der Waals surface area (Å²) in [6.45, 7) is 3.81. The first-order valence-electron chi connectivity index (χ1n) is 21.1. The van der Waals surface area contributed by atoms with E-state index in [1.807, 2.05) is 66.5 Å². The van der Waals surface area contributed by atoms with Gasteiger partial charge in [0.25, 0.3) is 0 Å². The summed E-state index contributed by atoms with van der Waals surface area (Å²) in [5.74, 6) is 0.604. The normalized spacial score (nSPS) is 12.6. The summed E-state index contributed by atoms with van der Waals surface area (Å²) in [4.78, 5) is 45.5. The van der Waals surface area contributed by atoms with Gasteiger partial charge in [-0.1, -0.05) is 48.5 Å². The number of ether oxygens (including phenoxy) is 1. The van der Waals surface area contributed by atoms with E-state index in [1.165, 1.54) is 52.3 Å². The van der Waals surface area contributed by atoms with Crippen LogP contribution in [0.1, 0.15) is 5.56 Å². The second kappa shape index (κ2) is 18.4. The van der Waals surface area contributed by atoms with Gasteiger partial charge in [0.2, 0.25) is 0 Å². The summed E-state index contributed by atoms with van der Waals surface area (Å²) in [6.07, 6.45) is 5.46. The van der Waals surface area contributed by atoms with Gasteiger partial charge in [-0.05, 0) is 72.3 Å². The summed E-state index contributed by atoms with van der Waals surface area (Å²) in [6, 6.07) is 35.2. The number of amides is 1. The number of imidazole rings is 2. The SMILES string of the molecule is Cn1cnc(-c2cccc(N(C(=O)O)c3ccccc3)c2)c1-c1cc2c(N)ncnc2s1.Nc1ncnc2sc(-c3c(-c4ccc(F)cc4)ncn3Cc3ccccc3N3CCOCC3)cc12. The van der Waals surface area contributed by atoms with E-state index >= 15 is 0 Å². The first-order valence-corrected chi connectivity index (χ1v) is 22.8. The van der Waals surface area contributed by atoms with Crippen LogP contribution in [-0.4, -0.2) is 76.5 Å². The molecule has 0 aliphatic carbocycles. The molecule has 1 saturated heterocycles. The van der Waals surface area contributed by atoms with Gasteiger partial charge >= 0.3 is 6.09 Å². The number of rotatable bonds is 9. The van der Waals surface area contributed by atoms with Crippen LogP contribution in [0.25, 0.3) is 64.1 Å². The number of halogens is 1. The first kappa shape index (κ1) is 42.9. The van der Waals surface area contributed by atoms with Gasteiger partial charge in [0, 0.05) is 37.0 Å². The number of thiophene rings is 2. The Hall–Kier alpha value is -8.06. The molecule has 7 heterocycles. The number of nitrogen functional groups attached to an aromatic ring is 2. The van der Waals surface area contributed by atoms with Crippen LogP contribution in [0.4, 0.5) is 37.9 Å². The van der Waals surface area contributed by atoms with Crippen molar-refractivity contribution in [1.29, 1.82) is 0 Å². The molecule has 0 saturated carbocycles. The van der Waals surface area contributed by atoms with Crippen molar-refractivity contribution in [1.82, 2.24) is 39.0 Å². The van der Waals surface area contributed by atoms with Crippen molar-refractivity contribution in [3.8, 4) is 43.7 Å². The van der Waals surface area contributed by atoms with Crippen LogP contribution in [-0.2, 0) is 18.3 Å². The number of morpholine rings is 1. The van der Waals surface area contributed by atoms with Crippen molar-refractivity contribution in [2.45, 2.75) is 6.54 Å². The summed E-state index contributed by atoms with van der Waals surface area (Å²) in [7, 11) is 1.92. The van der Waals surface area contributed by atoms with Gasteiger partial charge < -0.3 is 35.3 Å². The lowest BCUT2D eigenvalue weighted by molar-refractivity contribution is 0.122. The molecule has 5 N–H and O–H groups in total. The Bertz CT molecular complexity index is 3380. The van der Waals surface area contributed by atoms with Crippen LogP contribution >= 0.6 is 22.7 Å². The van der Waals surface area contributed by atoms with Crippen molar-refractivity contribution in [3.63, 3.8) is 0 Å². The van der Waals surface area contributed by atoms with E-state index in [0.29, 0.717) is 29.6 Å². The van der Waals surface area contributed by atoms with E-state index < -0.39 is 6.09 Å². The molecule has 1 fully saturated rings. The summed E-state index contributed by atoms with van der Waals surface area (Å²) in [5, 5.41) is 11.5. The van der Waals surface area contributed by atoms with E-state index in [2.05, 4.69) is 58.7 Å². The highest BCUT2D eigenvalue weighted by molar-refractivity contribution is 7.22. The van der Waals surface area contributed by atoms with Gasteiger partial charge in [0.1, 0.15) is 39.8 Å².